The molecule has 0 aromatic carbocycles. The Morgan fingerprint density at radius 3 is 2.29 bits per heavy atom. The maximum Gasteiger partial charge on any atom is 0.0110 e. The summed E-state index contributed by atoms with van der Waals surface area (Å²) in [4.78, 5) is 8.13. The minimum atomic E-state index is 0.657. The lowest BCUT2D eigenvalue weighted by atomic mass is 10.1. The van der Waals surface area contributed by atoms with E-state index < -0.39 is 0 Å². The van der Waals surface area contributed by atoms with Gasteiger partial charge in [-0.15, -0.1) is 0 Å². The molecule has 3 aliphatic rings. The minimum Gasteiger partial charge on any atom is -0.315 e. The van der Waals surface area contributed by atoms with Gasteiger partial charge in [0.1, 0.15) is 0 Å². The third-order valence-corrected chi connectivity index (χ3v) is 5.56. The SMILES string of the molecule is CC1(CN2CCCN3CCNCCCN(CC3)CC2)CC1. The van der Waals surface area contributed by atoms with Gasteiger partial charge in [0.05, 0.1) is 0 Å². The first-order valence-electron chi connectivity index (χ1n) is 9.11. The second-order valence-electron chi connectivity index (χ2n) is 7.73. The largest absolute Gasteiger partial charge is 0.315 e. The zero-order valence-electron chi connectivity index (χ0n) is 13.9. The first-order valence-corrected chi connectivity index (χ1v) is 9.11. The van der Waals surface area contributed by atoms with Crippen molar-refractivity contribution in [3.05, 3.63) is 0 Å². The van der Waals surface area contributed by atoms with Crippen molar-refractivity contribution in [2.24, 2.45) is 5.41 Å². The third-order valence-electron chi connectivity index (χ3n) is 5.56. The quantitative estimate of drug-likeness (QED) is 0.823. The summed E-state index contributed by atoms with van der Waals surface area (Å²) in [5.41, 5.74) is 0.657. The van der Waals surface area contributed by atoms with E-state index in [4.69, 9.17) is 0 Å². The highest BCUT2D eigenvalue weighted by atomic mass is 15.2. The van der Waals surface area contributed by atoms with Crippen LogP contribution in [0.5, 0.6) is 0 Å². The summed E-state index contributed by atoms with van der Waals surface area (Å²) in [6, 6.07) is 0. The van der Waals surface area contributed by atoms with Gasteiger partial charge in [-0.05, 0) is 57.3 Å². The molecule has 0 radical (unpaired) electrons. The van der Waals surface area contributed by atoms with Crippen LogP contribution in [0.25, 0.3) is 0 Å². The van der Waals surface area contributed by atoms with E-state index in [9.17, 15) is 0 Å². The maximum absolute atomic E-state index is 3.59. The number of fused-ring (bicyclic) bond motifs is 3. The van der Waals surface area contributed by atoms with Crippen LogP contribution in [0, 0.1) is 5.41 Å². The number of nitrogens with zero attached hydrogens (tertiary/aromatic N) is 3. The van der Waals surface area contributed by atoms with E-state index in [-0.39, 0.29) is 0 Å². The van der Waals surface area contributed by atoms with Crippen molar-refractivity contribution >= 4 is 0 Å². The summed E-state index contributed by atoms with van der Waals surface area (Å²) in [5, 5.41) is 3.59. The van der Waals surface area contributed by atoms with Crippen LogP contribution < -0.4 is 5.32 Å². The molecule has 2 unspecified atom stereocenters. The smallest absolute Gasteiger partial charge is 0.0110 e. The molecule has 1 N–H and O–H groups in total. The highest BCUT2D eigenvalue weighted by molar-refractivity contribution is 4.91. The molecule has 0 aromatic heterocycles. The van der Waals surface area contributed by atoms with E-state index in [0.29, 0.717) is 5.41 Å². The molecule has 2 aliphatic heterocycles. The molecule has 2 saturated heterocycles. The van der Waals surface area contributed by atoms with Crippen molar-refractivity contribution in [1.29, 1.82) is 0 Å². The highest BCUT2D eigenvalue weighted by Gasteiger charge is 2.38. The van der Waals surface area contributed by atoms with Crippen LogP contribution in [-0.2, 0) is 0 Å². The van der Waals surface area contributed by atoms with Gasteiger partial charge in [0, 0.05) is 45.8 Å². The Morgan fingerprint density at radius 2 is 1.48 bits per heavy atom. The molecular formula is C17H34N4. The van der Waals surface area contributed by atoms with Crippen LogP contribution >= 0.6 is 0 Å². The van der Waals surface area contributed by atoms with Gasteiger partial charge < -0.3 is 20.0 Å². The molecule has 21 heavy (non-hydrogen) atoms. The second kappa shape index (κ2) is 7.40. The lowest BCUT2D eigenvalue weighted by molar-refractivity contribution is 0.133. The van der Waals surface area contributed by atoms with Gasteiger partial charge in [0.2, 0.25) is 0 Å². The predicted octanol–water partition coefficient (Wildman–Crippen LogP) is 1.09. The van der Waals surface area contributed by atoms with E-state index in [1.165, 1.54) is 97.7 Å². The average molecular weight is 294 g/mol. The molecule has 4 heteroatoms. The van der Waals surface area contributed by atoms with Crippen molar-refractivity contribution in [1.82, 2.24) is 20.0 Å². The Balaban J connectivity index is 1.57. The van der Waals surface area contributed by atoms with Crippen molar-refractivity contribution in [3.63, 3.8) is 0 Å². The van der Waals surface area contributed by atoms with Gasteiger partial charge in [-0.1, -0.05) is 6.92 Å². The normalized spacial score (nSPS) is 35.3. The first kappa shape index (κ1) is 15.7. The molecule has 2 bridgehead atoms. The Labute approximate surface area is 130 Å². The molecule has 4 nitrogen and oxygen atoms in total. The number of hydrogen-bond donors (Lipinski definition) is 1. The average Bonchev–Trinajstić information content (AvgIpc) is 3.21. The van der Waals surface area contributed by atoms with E-state index in [0.717, 1.165) is 0 Å². The molecule has 2 heterocycles. The van der Waals surface area contributed by atoms with Crippen LogP contribution in [0.3, 0.4) is 0 Å². The lowest BCUT2D eigenvalue weighted by Crippen LogP contribution is -2.46. The zero-order chi connectivity index (χ0) is 14.5. The van der Waals surface area contributed by atoms with E-state index in [1.54, 1.807) is 0 Å². The van der Waals surface area contributed by atoms with E-state index in [2.05, 4.69) is 26.9 Å². The molecule has 0 spiro atoms. The molecule has 0 aromatic rings. The Morgan fingerprint density at radius 1 is 0.762 bits per heavy atom. The monoisotopic (exact) mass is 294 g/mol. The molecule has 3 fully saturated rings. The summed E-state index contributed by atoms with van der Waals surface area (Å²) in [5.74, 6) is 0. The molecular weight excluding hydrogens is 260 g/mol. The van der Waals surface area contributed by atoms with Gasteiger partial charge >= 0.3 is 0 Å². The fourth-order valence-electron chi connectivity index (χ4n) is 3.73. The summed E-state index contributed by atoms with van der Waals surface area (Å²) >= 11 is 0. The van der Waals surface area contributed by atoms with Crippen LogP contribution in [0.15, 0.2) is 0 Å². The van der Waals surface area contributed by atoms with Crippen molar-refractivity contribution < 1.29 is 0 Å². The second-order valence-corrected chi connectivity index (χ2v) is 7.73. The standard InChI is InChI=1S/C17H34N4/c1-17(4-5-17)16-21-10-3-9-19-11-7-18-6-2-8-20(13-12-19)14-15-21/h18H,2-16H2,1H3. The van der Waals surface area contributed by atoms with Crippen LogP contribution in [0.1, 0.15) is 32.6 Å². The molecule has 3 rings (SSSR count). The molecule has 1 aliphatic carbocycles. The van der Waals surface area contributed by atoms with Crippen LogP contribution in [0.2, 0.25) is 0 Å². The van der Waals surface area contributed by atoms with Crippen molar-refractivity contribution in [2.45, 2.75) is 32.6 Å². The Kier molecular flexibility index (Phi) is 5.54. The van der Waals surface area contributed by atoms with E-state index in [1.807, 2.05) is 0 Å². The first-order chi connectivity index (χ1) is 10.2. The fourth-order valence-corrected chi connectivity index (χ4v) is 3.73. The predicted molar refractivity (Wildman–Crippen MR) is 88.8 cm³/mol. The van der Waals surface area contributed by atoms with Crippen LogP contribution in [0.4, 0.5) is 0 Å². The topological polar surface area (TPSA) is 21.8 Å². The van der Waals surface area contributed by atoms with E-state index >= 15 is 0 Å². The lowest BCUT2D eigenvalue weighted by Gasteiger charge is -2.34. The molecule has 2 atom stereocenters. The van der Waals surface area contributed by atoms with Gasteiger partial charge in [-0.25, -0.2) is 0 Å². The number of nitrogens with one attached hydrogen (secondary N) is 1. The summed E-state index contributed by atoms with van der Waals surface area (Å²) in [6.07, 6.45) is 5.55. The fraction of sp³-hybridized carbons (Fsp3) is 1.00. The van der Waals surface area contributed by atoms with Gasteiger partial charge in [-0.2, -0.15) is 0 Å². The van der Waals surface area contributed by atoms with Crippen molar-refractivity contribution in [2.75, 3.05) is 72.0 Å². The summed E-state index contributed by atoms with van der Waals surface area (Å²) in [6.45, 7) is 16.3. The Hall–Kier alpha value is -0.160. The number of rotatable bonds is 2. The van der Waals surface area contributed by atoms with Gasteiger partial charge in [0.15, 0.2) is 0 Å². The summed E-state index contributed by atoms with van der Waals surface area (Å²) < 4.78 is 0. The van der Waals surface area contributed by atoms with Crippen LogP contribution in [-0.4, -0.2) is 86.7 Å². The maximum atomic E-state index is 3.59. The van der Waals surface area contributed by atoms with Gasteiger partial charge in [-0.3, -0.25) is 0 Å². The minimum absolute atomic E-state index is 0.657. The Bertz CT molecular complexity index is 316. The zero-order valence-corrected chi connectivity index (χ0v) is 13.9. The molecule has 0 amide bonds. The van der Waals surface area contributed by atoms with Gasteiger partial charge in [0.25, 0.3) is 0 Å². The highest BCUT2D eigenvalue weighted by Crippen LogP contribution is 2.45. The van der Waals surface area contributed by atoms with Crippen molar-refractivity contribution in [3.8, 4) is 0 Å². The molecule has 122 valence electrons. The summed E-state index contributed by atoms with van der Waals surface area (Å²) in [7, 11) is 0. The number of hydrogen-bond acceptors (Lipinski definition) is 4. The third kappa shape index (κ3) is 5.20. The molecule has 1 saturated carbocycles.